The van der Waals surface area contributed by atoms with Crippen molar-refractivity contribution in [1.82, 2.24) is 0 Å². The molecule has 2 rings (SSSR count). The Kier molecular flexibility index (Phi) is 1.95. The highest BCUT2D eigenvalue weighted by atomic mass is 32.2. The highest BCUT2D eigenvalue weighted by molar-refractivity contribution is 7.98. The molecule has 0 spiro atoms. The predicted molar refractivity (Wildman–Crippen MR) is 49.1 cm³/mol. The fraction of sp³-hybridized carbons (Fsp3) is 0.222. The van der Waals surface area contributed by atoms with Gasteiger partial charge in [-0.3, -0.25) is 0 Å². The first-order valence-electron chi connectivity index (χ1n) is 3.73. The van der Waals surface area contributed by atoms with Crippen LogP contribution in [0.3, 0.4) is 0 Å². The van der Waals surface area contributed by atoms with Crippen LogP contribution >= 0.6 is 11.9 Å². The van der Waals surface area contributed by atoms with Crippen LogP contribution in [0, 0.1) is 0 Å². The summed E-state index contributed by atoms with van der Waals surface area (Å²) in [7, 11) is 0. The number of benzene rings is 1. The van der Waals surface area contributed by atoms with Gasteiger partial charge in [0.15, 0.2) is 0 Å². The molecule has 0 aliphatic carbocycles. The molecule has 1 nitrogen and oxygen atoms in total. The second-order valence-electron chi connectivity index (χ2n) is 2.53. The molecule has 0 N–H and O–H groups in total. The molecule has 0 fully saturated rings. The smallest absolute Gasteiger partial charge is 0.0337 e. The summed E-state index contributed by atoms with van der Waals surface area (Å²) < 4.78 is 4.20. The molecular formula is C9H9NS. The maximum atomic E-state index is 4.20. The van der Waals surface area contributed by atoms with E-state index in [2.05, 4.69) is 28.7 Å². The van der Waals surface area contributed by atoms with Crippen LogP contribution in [0.4, 0.5) is 0 Å². The zero-order valence-electron chi connectivity index (χ0n) is 6.16. The van der Waals surface area contributed by atoms with Crippen molar-refractivity contribution in [2.75, 3.05) is 0 Å². The van der Waals surface area contributed by atoms with Gasteiger partial charge in [-0.15, -0.1) is 0 Å². The minimum atomic E-state index is 1.07. The van der Waals surface area contributed by atoms with E-state index in [-0.39, 0.29) is 0 Å². The first-order chi connectivity index (χ1) is 5.47. The first-order valence-corrected chi connectivity index (χ1v) is 4.51. The van der Waals surface area contributed by atoms with E-state index < -0.39 is 0 Å². The predicted octanol–water partition coefficient (Wildman–Crippen LogP) is 2.71. The molecule has 1 aromatic rings. The van der Waals surface area contributed by atoms with Crippen LogP contribution in [0.15, 0.2) is 33.6 Å². The summed E-state index contributed by atoms with van der Waals surface area (Å²) in [6.45, 7) is 0. The molecule has 56 valence electrons. The third-order valence-electron chi connectivity index (χ3n) is 1.74. The Morgan fingerprint density at radius 3 is 3.18 bits per heavy atom. The van der Waals surface area contributed by atoms with Crippen molar-refractivity contribution in [3.8, 4) is 0 Å². The second kappa shape index (κ2) is 3.09. The lowest BCUT2D eigenvalue weighted by Crippen LogP contribution is -1.84. The summed E-state index contributed by atoms with van der Waals surface area (Å²) in [4.78, 5) is 1.31. The Labute approximate surface area is 70.7 Å². The van der Waals surface area contributed by atoms with Gasteiger partial charge in [-0.25, -0.2) is 4.40 Å². The fourth-order valence-electron chi connectivity index (χ4n) is 1.17. The number of rotatable bonds is 0. The third kappa shape index (κ3) is 1.46. The third-order valence-corrected chi connectivity index (χ3v) is 2.59. The standard InChI is InChI=1S/C9H9NS/c1-2-6-9-8(4-1)5-3-7-10-11-9/h1-2,4,6-7H,3,5H2. The van der Waals surface area contributed by atoms with Crippen molar-refractivity contribution >= 4 is 18.2 Å². The number of hydrogen-bond donors (Lipinski definition) is 0. The van der Waals surface area contributed by atoms with Crippen LogP contribution in [0.2, 0.25) is 0 Å². The minimum Gasteiger partial charge on any atom is -0.224 e. The fourth-order valence-corrected chi connectivity index (χ4v) is 1.89. The van der Waals surface area contributed by atoms with Gasteiger partial charge in [0.25, 0.3) is 0 Å². The van der Waals surface area contributed by atoms with Crippen molar-refractivity contribution in [2.45, 2.75) is 17.7 Å². The van der Waals surface area contributed by atoms with Gasteiger partial charge in [-0.1, -0.05) is 18.2 Å². The van der Waals surface area contributed by atoms with Gasteiger partial charge in [0.1, 0.15) is 0 Å². The van der Waals surface area contributed by atoms with E-state index in [0.717, 1.165) is 12.8 Å². The maximum Gasteiger partial charge on any atom is 0.0337 e. The SMILES string of the molecule is C1=NSc2ccccc2CC1. The average Bonchev–Trinajstić information content (AvgIpc) is 2.28. The first kappa shape index (κ1) is 6.92. The molecule has 0 amide bonds. The number of nitrogens with zero attached hydrogens (tertiary/aromatic N) is 1. The molecule has 0 unspecified atom stereocenters. The summed E-state index contributed by atoms with van der Waals surface area (Å²) in [6.07, 6.45) is 4.20. The molecule has 0 atom stereocenters. The van der Waals surface area contributed by atoms with Gasteiger partial charge in [-0.2, -0.15) is 0 Å². The topological polar surface area (TPSA) is 12.4 Å². The Bertz CT molecular complexity index is 281. The number of aryl methyl sites for hydroxylation is 1. The van der Waals surface area contributed by atoms with E-state index in [1.165, 1.54) is 10.5 Å². The summed E-state index contributed by atoms with van der Waals surface area (Å²) >= 11 is 1.58. The second-order valence-corrected chi connectivity index (χ2v) is 3.36. The summed E-state index contributed by atoms with van der Waals surface area (Å²) in [5.74, 6) is 0. The number of hydrogen-bond acceptors (Lipinski definition) is 2. The average molecular weight is 163 g/mol. The Morgan fingerprint density at radius 2 is 2.18 bits per heavy atom. The van der Waals surface area contributed by atoms with Crippen molar-refractivity contribution in [1.29, 1.82) is 0 Å². The van der Waals surface area contributed by atoms with Gasteiger partial charge < -0.3 is 0 Å². The lowest BCUT2D eigenvalue weighted by molar-refractivity contribution is 1.02. The van der Waals surface area contributed by atoms with Gasteiger partial charge in [0.05, 0.1) is 0 Å². The van der Waals surface area contributed by atoms with Crippen molar-refractivity contribution in [2.24, 2.45) is 4.40 Å². The molecule has 1 aromatic carbocycles. The van der Waals surface area contributed by atoms with Gasteiger partial charge >= 0.3 is 0 Å². The Hall–Kier alpha value is -0.760. The highest BCUT2D eigenvalue weighted by Gasteiger charge is 2.03. The van der Waals surface area contributed by atoms with Crippen molar-refractivity contribution < 1.29 is 0 Å². The minimum absolute atomic E-state index is 1.07. The molecule has 0 saturated heterocycles. The largest absolute Gasteiger partial charge is 0.224 e. The lowest BCUT2D eigenvalue weighted by atomic mass is 10.1. The van der Waals surface area contributed by atoms with Crippen LogP contribution in [-0.2, 0) is 6.42 Å². The van der Waals surface area contributed by atoms with Crippen LogP contribution in [-0.4, -0.2) is 6.21 Å². The summed E-state index contributed by atoms with van der Waals surface area (Å²) in [6, 6.07) is 8.46. The van der Waals surface area contributed by atoms with E-state index >= 15 is 0 Å². The molecule has 1 aliphatic rings. The number of fused-ring (bicyclic) bond motifs is 1. The molecule has 0 radical (unpaired) electrons. The Morgan fingerprint density at radius 1 is 1.27 bits per heavy atom. The monoisotopic (exact) mass is 163 g/mol. The van der Waals surface area contributed by atoms with Crippen molar-refractivity contribution in [3.05, 3.63) is 29.8 Å². The quantitative estimate of drug-likeness (QED) is 0.536. The summed E-state index contributed by atoms with van der Waals surface area (Å²) in [5, 5.41) is 0. The van der Waals surface area contributed by atoms with E-state index in [1.807, 2.05) is 6.21 Å². The van der Waals surface area contributed by atoms with Gasteiger partial charge in [-0.05, 0) is 24.5 Å². The van der Waals surface area contributed by atoms with Gasteiger partial charge in [0, 0.05) is 23.1 Å². The van der Waals surface area contributed by atoms with Crippen LogP contribution in [0.1, 0.15) is 12.0 Å². The molecule has 1 heterocycles. The lowest BCUT2D eigenvalue weighted by Gasteiger charge is -2.00. The van der Waals surface area contributed by atoms with E-state index in [9.17, 15) is 0 Å². The molecule has 1 aliphatic heterocycles. The van der Waals surface area contributed by atoms with Crippen molar-refractivity contribution in [3.63, 3.8) is 0 Å². The zero-order chi connectivity index (χ0) is 7.52. The zero-order valence-corrected chi connectivity index (χ0v) is 6.97. The molecule has 0 aromatic heterocycles. The molecular weight excluding hydrogens is 154 g/mol. The Balaban J connectivity index is 2.40. The molecule has 0 saturated carbocycles. The van der Waals surface area contributed by atoms with E-state index in [1.54, 1.807) is 11.9 Å². The van der Waals surface area contributed by atoms with Crippen LogP contribution in [0.25, 0.3) is 0 Å². The normalized spacial score (nSPS) is 15.6. The van der Waals surface area contributed by atoms with Crippen LogP contribution < -0.4 is 0 Å². The van der Waals surface area contributed by atoms with Crippen LogP contribution in [0.5, 0.6) is 0 Å². The maximum absolute atomic E-state index is 4.20. The van der Waals surface area contributed by atoms with E-state index in [0.29, 0.717) is 0 Å². The van der Waals surface area contributed by atoms with E-state index in [4.69, 9.17) is 0 Å². The highest BCUT2D eigenvalue weighted by Crippen LogP contribution is 2.26. The van der Waals surface area contributed by atoms with Gasteiger partial charge in [0.2, 0.25) is 0 Å². The molecule has 0 bridgehead atoms. The molecule has 2 heteroatoms. The summed E-state index contributed by atoms with van der Waals surface area (Å²) in [5.41, 5.74) is 1.43. The molecule has 11 heavy (non-hydrogen) atoms.